The highest BCUT2D eigenvalue weighted by atomic mass is 16.7. The molecule has 0 bridgehead atoms. The molecule has 14 heteroatoms. The first kappa shape index (κ1) is 40.6. The number of carbonyl (C=O) groups excluding carboxylic acids is 1. The maximum atomic E-state index is 14.3. The van der Waals surface area contributed by atoms with E-state index in [0.29, 0.717) is 6.42 Å². The largest absolute Gasteiger partial charge is 0.459 e. The van der Waals surface area contributed by atoms with Gasteiger partial charge >= 0.3 is 5.97 Å². The number of cyclic esters (lactones) is 1. The summed E-state index contributed by atoms with van der Waals surface area (Å²) in [6.07, 6.45) is -9.99. The Balaban J connectivity index is 2.23. The van der Waals surface area contributed by atoms with Gasteiger partial charge < -0.3 is 63.8 Å². The summed E-state index contributed by atoms with van der Waals surface area (Å²) in [5.74, 6) is -3.31. The molecule has 3 heterocycles. The van der Waals surface area contributed by atoms with Crippen molar-refractivity contribution in [2.24, 2.45) is 17.8 Å². The first-order chi connectivity index (χ1) is 25.1. The molecule has 0 aromatic heterocycles. The standard InChI is InChI=1S/C38H72N2O12/c1-15-27-38(10,46)31(42)24(6)40(13)19-20(2)17-36(8,45)33(52-35-29(41)26(39(11)12)16-21(3)48-35)22(4)30(23(5)34(44)50-27)51-28-18-37(9,47-14)32(43)25(7)49-28/h20-33,35,41-43,45-46H,15-19H2,1-14H3/t20-,21-,22+,23-,24-,25+,26+,27-,28+,29-,30+,31-,32+,33-,35+,36?,37-,38-/m1/s1/i13D3. The third-order valence-corrected chi connectivity index (χ3v) is 11.9. The van der Waals surface area contributed by atoms with Crippen LogP contribution in [0.25, 0.3) is 0 Å². The van der Waals surface area contributed by atoms with Crippen LogP contribution in [0.3, 0.4) is 0 Å². The highest BCUT2D eigenvalue weighted by Gasteiger charge is 2.52. The first-order valence-electron chi connectivity index (χ1n) is 20.4. The molecule has 306 valence electrons. The van der Waals surface area contributed by atoms with Crippen molar-refractivity contribution in [3.8, 4) is 0 Å². The Hall–Kier alpha value is -1.01. The van der Waals surface area contributed by atoms with Gasteiger partial charge in [0, 0.05) is 42.2 Å². The highest BCUT2D eigenvalue weighted by molar-refractivity contribution is 5.73. The number of nitrogens with zero attached hydrogens (tertiary/aromatic N) is 2. The number of rotatable bonds is 7. The van der Waals surface area contributed by atoms with Crippen LogP contribution in [-0.2, 0) is 33.2 Å². The summed E-state index contributed by atoms with van der Waals surface area (Å²) in [7, 11) is 5.16. The van der Waals surface area contributed by atoms with Gasteiger partial charge in [0.2, 0.25) is 0 Å². The van der Waals surface area contributed by atoms with Crippen LogP contribution in [0.5, 0.6) is 0 Å². The number of likely N-dealkylation sites (N-methyl/N-ethyl adjacent to an activating group) is 2. The molecule has 1 unspecified atom stereocenters. The quantitative estimate of drug-likeness (QED) is 0.238. The van der Waals surface area contributed by atoms with Gasteiger partial charge in [-0.25, -0.2) is 0 Å². The number of ether oxygens (including phenoxy) is 6. The van der Waals surface area contributed by atoms with Gasteiger partial charge in [-0.05, 0) is 94.7 Å². The van der Waals surface area contributed by atoms with Gasteiger partial charge in [0.25, 0.3) is 0 Å². The van der Waals surface area contributed by atoms with Crippen LogP contribution >= 0.6 is 0 Å². The molecule has 3 fully saturated rings. The Morgan fingerprint density at radius 2 is 1.62 bits per heavy atom. The SMILES string of the molecule is [2H]C([2H])([2H])N1C[C@H](C)CC(C)(O)[C@H](O[C@@H]2O[C@H](C)C[C@H](N(C)C)[C@H]2O)[C@@H](C)[C@H](O[C@H]2C[C@@](C)(OC)[C@@H](O)[C@H](C)O2)[C@@H](C)C(=O)O[C@H](CC)[C@@](C)(O)[C@H](O)[C@H]1C. The van der Waals surface area contributed by atoms with E-state index < -0.39 is 109 Å². The smallest absolute Gasteiger partial charge is 0.311 e. The number of methoxy groups -OCH3 is 1. The Kier molecular flexibility index (Phi) is 14.0. The monoisotopic (exact) mass is 752 g/mol. The van der Waals surface area contributed by atoms with Gasteiger partial charge in [-0.1, -0.05) is 20.8 Å². The van der Waals surface area contributed by atoms with Gasteiger partial charge in [-0.3, -0.25) is 4.79 Å². The van der Waals surface area contributed by atoms with E-state index in [2.05, 4.69) is 0 Å². The average molecular weight is 752 g/mol. The van der Waals surface area contributed by atoms with Crippen LogP contribution in [0.4, 0.5) is 0 Å². The lowest BCUT2D eigenvalue weighted by molar-refractivity contribution is -0.318. The molecule has 0 aromatic carbocycles. The highest BCUT2D eigenvalue weighted by Crippen LogP contribution is 2.40. The predicted octanol–water partition coefficient (Wildman–Crippen LogP) is 1.90. The molecule has 3 rings (SSSR count). The molecule has 18 atom stereocenters. The number of carbonyl (C=O) groups is 1. The van der Waals surface area contributed by atoms with Gasteiger partial charge in [0.15, 0.2) is 12.6 Å². The third-order valence-electron chi connectivity index (χ3n) is 11.9. The topological polar surface area (TPSA) is 180 Å². The molecular weight excluding hydrogens is 676 g/mol. The molecule has 3 aliphatic heterocycles. The number of esters is 1. The van der Waals surface area contributed by atoms with Gasteiger partial charge in [0.1, 0.15) is 30.0 Å². The first-order valence-corrected chi connectivity index (χ1v) is 18.9. The van der Waals surface area contributed by atoms with Crippen LogP contribution in [0, 0.1) is 17.8 Å². The normalized spacial score (nSPS) is 50.7. The summed E-state index contributed by atoms with van der Waals surface area (Å²) in [5.41, 5.74) is -4.92. The van der Waals surface area contributed by atoms with E-state index in [1.807, 2.05) is 25.9 Å². The van der Waals surface area contributed by atoms with E-state index in [4.69, 9.17) is 32.5 Å². The minimum absolute atomic E-state index is 0.0305. The zero-order chi connectivity index (χ0) is 42.2. The van der Waals surface area contributed by atoms with E-state index in [1.54, 1.807) is 48.5 Å². The average Bonchev–Trinajstić information content (AvgIpc) is 3.08. The van der Waals surface area contributed by atoms with E-state index in [9.17, 15) is 30.3 Å². The molecule has 5 N–H and O–H groups in total. The summed E-state index contributed by atoms with van der Waals surface area (Å²) in [6, 6.07) is -1.48. The second kappa shape index (κ2) is 17.8. The zero-order valence-electron chi connectivity index (χ0n) is 36.7. The molecule has 52 heavy (non-hydrogen) atoms. The minimum atomic E-state index is -2.71. The van der Waals surface area contributed by atoms with Gasteiger partial charge in [-0.15, -0.1) is 0 Å². The molecule has 0 amide bonds. The Morgan fingerprint density at radius 1 is 0.981 bits per heavy atom. The number of aliphatic hydroxyl groups excluding tert-OH is 3. The maximum absolute atomic E-state index is 14.3. The molecule has 3 saturated heterocycles. The molecule has 0 aliphatic carbocycles. The van der Waals surface area contributed by atoms with Crippen molar-refractivity contribution < 1.29 is 62.9 Å². The van der Waals surface area contributed by atoms with Crippen molar-refractivity contribution >= 4 is 5.97 Å². The maximum Gasteiger partial charge on any atom is 0.311 e. The zero-order valence-corrected chi connectivity index (χ0v) is 33.7. The van der Waals surface area contributed by atoms with Crippen molar-refractivity contribution in [3.63, 3.8) is 0 Å². The summed E-state index contributed by atoms with van der Waals surface area (Å²) in [5, 5.41) is 58.4. The fourth-order valence-electron chi connectivity index (χ4n) is 8.51. The van der Waals surface area contributed by atoms with Crippen molar-refractivity contribution in [1.82, 2.24) is 9.80 Å². The lowest BCUT2D eigenvalue weighted by Crippen LogP contribution is -2.60. The van der Waals surface area contributed by atoms with Crippen molar-refractivity contribution in [2.75, 3.05) is 34.7 Å². The second-order valence-electron chi connectivity index (χ2n) is 16.9. The van der Waals surface area contributed by atoms with Crippen molar-refractivity contribution in [3.05, 3.63) is 0 Å². The fraction of sp³-hybridized carbons (Fsp3) is 0.974. The van der Waals surface area contributed by atoms with E-state index in [-0.39, 0.29) is 38.0 Å². The summed E-state index contributed by atoms with van der Waals surface area (Å²) < 4.78 is 62.4. The number of aliphatic hydroxyl groups is 5. The molecular formula is C38H72N2O12. The summed E-state index contributed by atoms with van der Waals surface area (Å²) in [6.45, 7) is 13.6. The van der Waals surface area contributed by atoms with Crippen molar-refractivity contribution in [2.45, 2.75) is 185 Å². The second-order valence-corrected chi connectivity index (χ2v) is 16.9. The van der Waals surface area contributed by atoms with Crippen LogP contribution < -0.4 is 0 Å². The molecule has 0 saturated carbocycles. The Labute approximate surface area is 316 Å². The van der Waals surface area contributed by atoms with E-state index in [1.165, 1.54) is 21.0 Å². The molecule has 3 aliphatic rings. The van der Waals surface area contributed by atoms with Crippen LogP contribution in [0.15, 0.2) is 0 Å². The van der Waals surface area contributed by atoms with E-state index in [0.717, 1.165) is 4.90 Å². The minimum Gasteiger partial charge on any atom is -0.459 e. The summed E-state index contributed by atoms with van der Waals surface area (Å²) in [4.78, 5) is 17.3. The Bertz CT molecular complexity index is 1250. The van der Waals surface area contributed by atoms with Gasteiger partial charge in [-0.2, -0.15) is 0 Å². The summed E-state index contributed by atoms with van der Waals surface area (Å²) >= 11 is 0. The van der Waals surface area contributed by atoms with Crippen LogP contribution in [-0.4, -0.2) is 166 Å². The molecule has 0 radical (unpaired) electrons. The van der Waals surface area contributed by atoms with Crippen LogP contribution in [0.1, 0.15) is 99.0 Å². The predicted molar refractivity (Wildman–Crippen MR) is 194 cm³/mol. The fourth-order valence-corrected chi connectivity index (χ4v) is 8.51. The Morgan fingerprint density at radius 3 is 2.17 bits per heavy atom. The lowest BCUT2D eigenvalue weighted by Gasteiger charge is -2.48. The molecule has 0 aromatic rings. The van der Waals surface area contributed by atoms with Gasteiger partial charge in [0.05, 0.1) is 41.5 Å². The molecule has 0 spiro atoms. The lowest BCUT2D eigenvalue weighted by atomic mass is 9.77. The number of hydrogen-bond acceptors (Lipinski definition) is 14. The third kappa shape index (κ3) is 10.0. The number of hydrogen-bond donors (Lipinski definition) is 5. The van der Waals surface area contributed by atoms with E-state index >= 15 is 0 Å². The molecule has 14 nitrogen and oxygen atoms in total. The van der Waals surface area contributed by atoms with Crippen molar-refractivity contribution in [1.29, 1.82) is 0 Å². The van der Waals surface area contributed by atoms with Crippen LogP contribution in [0.2, 0.25) is 0 Å².